The third-order valence-corrected chi connectivity index (χ3v) is 10.3. The van der Waals surface area contributed by atoms with Crippen LogP contribution in [0.2, 0.25) is 0 Å². The maximum atomic E-state index is 13.3. The second kappa shape index (κ2) is 12.7. The molecule has 40 heavy (non-hydrogen) atoms. The van der Waals surface area contributed by atoms with Crippen molar-refractivity contribution in [1.82, 2.24) is 14.5 Å². The average Bonchev–Trinajstić information content (AvgIpc) is 2.96. The SMILES string of the molecule is CC1CCN(S(=O)(=O)c2ccc3c(c2)N(CC(=O)NCCN2CCC(Cc4ccccc4)CC2)C(=O)CO3)CC1. The maximum absolute atomic E-state index is 13.3. The highest BCUT2D eigenvalue weighted by atomic mass is 32.2. The van der Waals surface area contributed by atoms with Crippen LogP contribution in [-0.2, 0) is 26.0 Å². The van der Waals surface area contributed by atoms with Gasteiger partial charge in [-0.3, -0.25) is 14.5 Å². The van der Waals surface area contributed by atoms with Gasteiger partial charge in [0.25, 0.3) is 5.91 Å². The number of amides is 2. The summed E-state index contributed by atoms with van der Waals surface area (Å²) < 4.78 is 33.6. The third-order valence-electron chi connectivity index (χ3n) is 8.38. The fraction of sp³-hybridized carbons (Fsp3) is 0.533. The van der Waals surface area contributed by atoms with E-state index in [0.29, 0.717) is 42.9 Å². The highest BCUT2D eigenvalue weighted by Gasteiger charge is 2.32. The minimum absolute atomic E-state index is 0.111. The van der Waals surface area contributed by atoms with E-state index in [1.807, 2.05) is 6.07 Å². The lowest BCUT2D eigenvalue weighted by Crippen LogP contribution is -2.47. The molecule has 0 aromatic heterocycles. The van der Waals surface area contributed by atoms with E-state index < -0.39 is 10.0 Å². The van der Waals surface area contributed by atoms with Crippen LogP contribution in [0.4, 0.5) is 5.69 Å². The number of rotatable bonds is 9. The summed E-state index contributed by atoms with van der Waals surface area (Å²) >= 11 is 0. The Labute approximate surface area is 237 Å². The zero-order valence-electron chi connectivity index (χ0n) is 23.3. The summed E-state index contributed by atoms with van der Waals surface area (Å²) in [6.07, 6.45) is 5.04. The number of anilines is 1. The number of ether oxygens (including phenoxy) is 1. The first-order valence-corrected chi connectivity index (χ1v) is 15.8. The predicted molar refractivity (Wildman–Crippen MR) is 154 cm³/mol. The van der Waals surface area contributed by atoms with Crippen LogP contribution in [0, 0.1) is 11.8 Å². The molecule has 2 fully saturated rings. The molecule has 3 heterocycles. The van der Waals surface area contributed by atoms with E-state index in [2.05, 4.69) is 41.4 Å². The van der Waals surface area contributed by atoms with Crippen LogP contribution < -0.4 is 15.0 Å². The van der Waals surface area contributed by atoms with Gasteiger partial charge in [0.15, 0.2) is 6.61 Å². The molecule has 2 aromatic carbocycles. The van der Waals surface area contributed by atoms with E-state index in [0.717, 1.165) is 51.7 Å². The van der Waals surface area contributed by atoms with Gasteiger partial charge in [-0.05, 0) is 80.8 Å². The maximum Gasteiger partial charge on any atom is 0.265 e. The summed E-state index contributed by atoms with van der Waals surface area (Å²) in [6.45, 7) is 5.99. The monoisotopic (exact) mass is 568 g/mol. The van der Waals surface area contributed by atoms with Gasteiger partial charge in [0.05, 0.1) is 10.6 Å². The summed E-state index contributed by atoms with van der Waals surface area (Å²) in [6, 6.07) is 15.2. The Morgan fingerprint density at radius 1 is 1.00 bits per heavy atom. The summed E-state index contributed by atoms with van der Waals surface area (Å²) in [5.74, 6) is 0.939. The molecule has 0 aliphatic carbocycles. The minimum atomic E-state index is -3.70. The van der Waals surface area contributed by atoms with Gasteiger partial charge >= 0.3 is 0 Å². The van der Waals surface area contributed by atoms with Crippen molar-refractivity contribution in [3.05, 3.63) is 54.1 Å². The number of hydrogen-bond donors (Lipinski definition) is 1. The third kappa shape index (κ3) is 6.85. The molecular formula is C30H40N4O5S. The van der Waals surface area contributed by atoms with Gasteiger partial charge in [0.2, 0.25) is 15.9 Å². The molecule has 5 rings (SSSR count). The van der Waals surface area contributed by atoms with Crippen molar-refractivity contribution in [2.75, 3.05) is 57.3 Å². The van der Waals surface area contributed by atoms with Crippen molar-refractivity contribution in [1.29, 1.82) is 0 Å². The molecule has 1 N–H and O–H groups in total. The Kier molecular flexibility index (Phi) is 9.07. The van der Waals surface area contributed by atoms with Gasteiger partial charge in [-0.25, -0.2) is 8.42 Å². The average molecular weight is 569 g/mol. The van der Waals surface area contributed by atoms with Crippen molar-refractivity contribution >= 4 is 27.5 Å². The molecule has 216 valence electrons. The molecule has 2 saturated heterocycles. The van der Waals surface area contributed by atoms with Gasteiger partial charge < -0.3 is 15.0 Å². The van der Waals surface area contributed by atoms with Crippen LogP contribution in [0.25, 0.3) is 0 Å². The van der Waals surface area contributed by atoms with Crippen molar-refractivity contribution in [3.8, 4) is 5.75 Å². The predicted octanol–water partition coefficient (Wildman–Crippen LogP) is 2.90. The van der Waals surface area contributed by atoms with E-state index in [4.69, 9.17) is 4.74 Å². The lowest BCUT2D eigenvalue weighted by Gasteiger charge is -2.32. The molecule has 0 atom stereocenters. The second-order valence-electron chi connectivity index (χ2n) is 11.3. The molecule has 9 nitrogen and oxygen atoms in total. The molecule has 2 aromatic rings. The number of sulfonamides is 1. The lowest BCUT2D eigenvalue weighted by molar-refractivity contribution is -0.125. The van der Waals surface area contributed by atoms with E-state index in [9.17, 15) is 18.0 Å². The first-order chi connectivity index (χ1) is 19.3. The number of carbonyl (C=O) groups is 2. The molecule has 3 aliphatic heterocycles. The number of nitrogens with zero attached hydrogens (tertiary/aromatic N) is 3. The van der Waals surface area contributed by atoms with Crippen LogP contribution >= 0.6 is 0 Å². The number of piperidine rings is 2. The van der Waals surface area contributed by atoms with Gasteiger partial charge in [-0.1, -0.05) is 37.3 Å². The van der Waals surface area contributed by atoms with E-state index in [1.54, 1.807) is 6.07 Å². The summed E-state index contributed by atoms with van der Waals surface area (Å²) in [5, 5.41) is 2.94. The highest BCUT2D eigenvalue weighted by Crippen LogP contribution is 2.35. The van der Waals surface area contributed by atoms with E-state index >= 15 is 0 Å². The van der Waals surface area contributed by atoms with E-state index in [1.165, 1.54) is 26.9 Å². The Morgan fingerprint density at radius 3 is 2.45 bits per heavy atom. The molecule has 0 spiro atoms. The quantitative estimate of drug-likeness (QED) is 0.500. The Hall–Kier alpha value is -2.95. The fourth-order valence-corrected chi connectivity index (χ4v) is 7.29. The molecule has 10 heteroatoms. The van der Waals surface area contributed by atoms with Gasteiger partial charge in [-0.15, -0.1) is 0 Å². The van der Waals surface area contributed by atoms with Crippen molar-refractivity contribution in [2.45, 2.75) is 43.9 Å². The van der Waals surface area contributed by atoms with Gasteiger partial charge in [-0.2, -0.15) is 4.31 Å². The minimum Gasteiger partial charge on any atom is -0.482 e. The van der Waals surface area contributed by atoms with Crippen LogP contribution in [0.15, 0.2) is 53.4 Å². The lowest BCUT2D eigenvalue weighted by atomic mass is 9.90. The Bertz CT molecular complexity index is 1290. The van der Waals surface area contributed by atoms with Crippen molar-refractivity contribution < 1.29 is 22.7 Å². The van der Waals surface area contributed by atoms with Crippen molar-refractivity contribution in [3.63, 3.8) is 0 Å². The standard InChI is InChI=1S/C30H40N4O5S/c1-23-9-16-33(17-10-23)40(37,38)26-7-8-28-27(20-26)34(30(36)22-39-28)21-29(35)31-13-18-32-14-11-25(12-15-32)19-24-5-3-2-4-6-24/h2-8,20,23,25H,9-19,21-22H2,1H3,(H,31,35). The van der Waals surface area contributed by atoms with E-state index in [-0.39, 0.29) is 29.9 Å². The highest BCUT2D eigenvalue weighted by molar-refractivity contribution is 7.89. The topological polar surface area (TPSA) is 99.3 Å². The number of nitrogens with one attached hydrogen (secondary N) is 1. The number of benzene rings is 2. The van der Waals surface area contributed by atoms with Crippen LogP contribution in [-0.4, -0.2) is 81.9 Å². The smallest absolute Gasteiger partial charge is 0.265 e. The molecule has 0 radical (unpaired) electrons. The number of hydrogen-bond acceptors (Lipinski definition) is 6. The summed E-state index contributed by atoms with van der Waals surface area (Å²) in [5.41, 5.74) is 1.71. The Balaban J connectivity index is 1.13. The molecule has 3 aliphatic rings. The molecule has 0 unspecified atom stereocenters. The second-order valence-corrected chi connectivity index (χ2v) is 13.2. The zero-order chi connectivity index (χ0) is 28.1. The first kappa shape index (κ1) is 28.6. The van der Waals surface area contributed by atoms with Crippen LogP contribution in [0.3, 0.4) is 0 Å². The molecular weight excluding hydrogens is 528 g/mol. The zero-order valence-corrected chi connectivity index (χ0v) is 24.1. The number of carbonyl (C=O) groups excluding carboxylic acids is 2. The number of likely N-dealkylation sites (tertiary alicyclic amines) is 1. The van der Waals surface area contributed by atoms with Crippen molar-refractivity contribution in [2.24, 2.45) is 11.8 Å². The first-order valence-electron chi connectivity index (χ1n) is 14.4. The normalized spacial score (nSPS) is 19.7. The largest absolute Gasteiger partial charge is 0.482 e. The van der Waals surface area contributed by atoms with Gasteiger partial charge in [0, 0.05) is 26.2 Å². The Morgan fingerprint density at radius 2 is 1.73 bits per heavy atom. The fourth-order valence-electron chi connectivity index (χ4n) is 5.80. The molecule has 0 bridgehead atoms. The van der Waals surface area contributed by atoms with Crippen LogP contribution in [0.1, 0.15) is 38.2 Å². The summed E-state index contributed by atoms with van der Waals surface area (Å²) in [7, 11) is -3.70. The molecule has 2 amide bonds. The summed E-state index contributed by atoms with van der Waals surface area (Å²) in [4.78, 5) is 29.4. The molecule has 0 saturated carbocycles. The number of fused-ring (bicyclic) bond motifs is 1. The van der Waals surface area contributed by atoms with Gasteiger partial charge in [0.1, 0.15) is 12.3 Å². The van der Waals surface area contributed by atoms with Crippen LogP contribution in [0.5, 0.6) is 5.75 Å².